The number of benzene rings is 3. The number of phenolic OH excluding ortho intramolecular Hbond substituents is 1. The molecule has 9 nitrogen and oxygen atoms in total. The lowest BCUT2D eigenvalue weighted by molar-refractivity contribution is -0.152. The lowest BCUT2D eigenvalue weighted by Gasteiger charge is -2.37. The topological polar surface area (TPSA) is 112 Å². The van der Waals surface area contributed by atoms with E-state index in [2.05, 4.69) is 6.92 Å². The summed E-state index contributed by atoms with van der Waals surface area (Å²) in [6.45, 7) is 10.5. The van der Waals surface area contributed by atoms with E-state index >= 15 is 0 Å². The highest BCUT2D eigenvalue weighted by atomic mass is 16.6. The van der Waals surface area contributed by atoms with Crippen molar-refractivity contribution in [2.45, 2.75) is 72.2 Å². The fourth-order valence-corrected chi connectivity index (χ4v) is 5.49. The van der Waals surface area contributed by atoms with Crippen LogP contribution in [0.4, 0.5) is 0 Å². The van der Waals surface area contributed by atoms with E-state index in [1.54, 1.807) is 19.1 Å². The molecule has 9 heteroatoms. The van der Waals surface area contributed by atoms with Crippen LogP contribution in [0.15, 0.2) is 42.5 Å². The second kappa shape index (κ2) is 12.2. The summed E-state index contributed by atoms with van der Waals surface area (Å²) in [5.74, 6) is 2.74. The molecule has 1 aromatic heterocycles. The lowest BCUT2D eigenvalue weighted by atomic mass is 9.87. The van der Waals surface area contributed by atoms with Crippen molar-refractivity contribution in [3.63, 3.8) is 0 Å². The molecule has 0 bridgehead atoms. The van der Waals surface area contributed by atoms with Crippen molar-refractivity contribution >= 4 is 17.0 Å². The third kappa shape index (κ3) is 6.27. The number of aliphatic hydroxyl groups is 1. The lowest BCUT2D eigenvalue weighted by Crippen LogP contribution is -2.42. The number of imidazole rings is 1. The van der Waals surface area contributed by atoms with Gasteiger partial charge in [0.1, 0.15) is 47.6 Å². The van der Waals surface area contributed by atoms with Crippen LogP contribution in [0, 0.1) is 20.8 Å². The maximum atomic E-state index is 11.7. The average Bonchev–Trinajstić information content (AvgIpc) is 3.32. The molecular formula is C34H40N2O7. The van der Waals surface area contributed by atoms with Crippen molar-refractivity contribution in [3.05, 3.63) is 76.1 Å². The van der Waals surface area contributed by atoms with Crippen LogP contribution in [0.1, 0.15) is 53.9 Å². The Kier molecular flexibility index (Phi) is 8.55. The van der Waals surface area contributed by atoms with Crippen molar-refractivity contribution in [2.75, 3.05) is 13.2 Å². The highest BCUT2D eigenvalue weighted by Gasteiger charge is 2.35. The number of aromatic nitrogens is 2. The summed E-state index contributed by atoms with van der Waals surface area (Å²) in [4.78, 5) is 16.4. The van der Waals surface area contributed by atoms with Crippen LogP contribution in [0.5, 0.6) is 23.0 Å². The van der Waals surface area contributed by atoms with Gasteiger partial charge < -0.3 is 33.7 Å². The third-order valence-electron chi connectivity index (χ3n) is 8.36. The minimum atomic E-state index is -1.19. The van der Waals surface area contributed by atoms with Gasteiger partial charge in [-0.15, -0.1) is 0 Å². The number of phenols is 1. The fourth-order valence-electron chi connectivity index (χ4n) is 5.49. The van der Waals surface area contributed by atoms with Crippen molar-refractivity contribution in [2.24, 2.45) is 7.05 Å². The quantitative estimate of drug-likeness (QED) is 0.237. The number of aryl methyl sites for hydroxylation is 1. The van der Waals surface area contributed by atoms with Crippen molar-refractivity contribution in [1.82, 2.24) is 9.55 Å². The second-order valence-electron chi connectivity index (χ2n) is 11.5. The first-order chi connectivity index (χ1) is 20.5. The number of ether oxygens (including phenoxy) is 4. The van der Waals surface area contributed by atoms with Gasteiger partial charge in [-0.2, -0.15) is 0 Å². The molecular weight excluding hydrogens is 548 g/mol. The number of aromatic hydroxyl groups is 1. The first-order valence-electron chi connectivity index (χ1n) is 14.6. The number of nitrogens with zero attached hydrogens (tertiary/aromatic N) is 2. The highest BCUT2D eigenvalue weighted by molar-refractivity contribution is 5.77. The summed E-state index contributed by atoms with van der Waals surface area (Å²) in [7, 11) is 1.95. The van der Waals surface area contributed by atoms with Crippen LogP contribution < -0.4 is 14.2 Å². The molecule has 3 aromatic carbocycles. The second-order valence-corrected chi connectivity index (χ2v) is 11.5. The van der Waals surface area contributed by atoms with Gasteiger partial charge in [0, 0.05) is 25.1 Å². The Hall–Kier alpha value is -4.24. The molecule has 1 aliphatic heterocycles. The Balaban J connectivity index is 1.21. The van der Waals surface area contributed by atoms with E-state index in [0.717, 1.165) is 69.0 Å². The highest BCUT2D eigenvalue weighted by Crippen LogP contribution is 2.43. The number of carbonyl (C=O) groups is 1. The van der Waals surface area contributed by atoms with Gasteiger partial charge >= 0.3 is 5.97 Å². The van der Waals surface area contributed by atoms with E-state index in [1.165, 1.54) is 0 Å². The van der Waals surface area contributed by atoms with Gasteiger partial charge in [-0.3, -0.25) is 0 Å². The first kappa shape index (κ1) is 30.2. The summed E-state index contributed by atoms with van der Waals surface area (Å²) < 4.78 is 25.6. The maximum Gasteiger partial charge on any atom is 0.335 e. The molecule has 0 saturated carbocycles. The normalized spacial score (nSPS) is 16.8. The van der Waals surface area contributed by atoms with Crippen molar-refractivity contribution in [3.8, 4) is 23.0 Å². The standard InChI is InChI=1S/C34H40N2O7/c1-7-40-33(39)29(37)16-23-8-10-24(11-9-23)41-18-30-35-27-13-12-25(17-28(27)36(30)6)42-19-34(5)15-14-26-22(4)31(38)20(2)21(3)32(26)43-34/h8-13,17,29,37-38H,7,14-16,18-19H2,1-6H3. The number of hydrogen-bond donors (Lipinski definition) is 2. The molecule has 0 amide bonds. The molecule has 0 fully saturated rings. The van der Waals surface area contributed by atoms with E-state index in [9.17, 15) is 15.0 Å². The SMILES string of the molecule is CCOC(=O)C(O)Cc1ccc(OCc2nc3ccc(OCC4(C)CCc5c(C)c(O)c(C)c(C)c5O4)cc3n2C)cc1. The van der Waals surface area contributed by atoms with Crippen LogP contribution in [0.2, 0.25) is 0 Å². The minimum absolute atomic E-state index is 0.177. The number of hydrogen-bond acceptors (Lipinski definition) is 8. The molecule has 1 aliphatic rings. The van der Waals surface area contributed by atoms with Crippen molar-refractivity contribution < 1.29 is 34.0 Å². The summed E-state index contributed by atoms with van der Waals surface area (Å²) in [5, 5.41) is 20.5. The zero-order valence-electron chi connectivity index (χ0n) is 25.7. The monoisotopic (exact) mass is 588 g/mol. The Morgan fingerprint density at radius 3 is 2.51 bits per heavy atom. The molecule has 2 unspecified atom stereocenters. The van der Waals surface area contributed by atoms with E-state index in [0.29, 0.717) is 18.1 Å². The molecule has 4 aromatic rings. The zero-order chi connectivity index (χ0) is 30.9. The molecule has 0 radical (unpaired) electrons. The smallest absolute Gasteiger partial charge is 0.335 e. The predicted molar refractivity (Wildman–Crippen MR) is 163 cm³/mol. The number of rotatable bonds is 10. The number of esters is 1. The first-order valence-corrected chi connectivity index (χ1v) is 14.6. The van der Waals surface area contributed by atoms with Gasteiger partial charge in [0.2, 0.25) is 0 Å². The summed E-state index contributed by atoms with van der Waals surface area (Å²) in [6.07, 6.45) is 0.586. The largest absolute Gasteiger partial charge is 0.507 e. The Bertz CT molecular complexity index is 1640. The van der Waals surface area contributed by atoms with E-state index in [4.69, 9.17) is 23.9 Å². The summed E-state index contributed by atoms with van der Waals surface area (Å²) >= 11 is 0. The van der Waals surface area contributed by atoms with E-state index < -0.39 is 17.7 Å². The van der Waals surface area contributed by atoms with Gasteiger partial charge in [0.25, 0.3) is 0 Å². The number of aliphatic hydroxyl groups excluding tert-OH is 1. The Morgan fingerprint density at radius 1 is 1.07 bits per heavy atom. The van der Waals surface area contributed by atoms with E-state index in [-0.39, 0.29) is 19.6 Å². The molecule has 43 heavy (non-hydrogen) atoms. The fraction of sp³-hybridized carbons (Fsp3) is 0.412. The molecule has 2 atom stereocenters. The number of fused-ring (bicyclic) bond motifs is 2. The number of carbonyl (C=O) groups excluding carboxylic acids is 1. The Labute approximate surface area is 252 Å². The minimum Gasteiger partial charge on any atom is -0.507 e. The van der Waals surface area contributed by atoms with Crippen LogP contribution in [-0.2, 0) is 36.0 Å². The van der Waals surface area contributed by atoms with E-state index in [1.807, 2.05) is 62.7 Å². The van der Waals surface area contributed by atoms with Crippen LogP contribution in [0.25, 0.3) is 11.0 Å². The van der Waals surface area contributed by atoms with Crippen LogP contribution >= 0.6 is 0 Å². The summed E-state index contributed by atoms with van der Waals surface area (Å²) in [6, 6.07) is 13.1. The predicted octanol–water partition coefficient (Wildman–Crippen LogP) is 5.41. The Morgan fingerprint density at radius 2 is 1.79 bits per heavy atom. The van der Waals surface area contributed by atoms with Gasteiger partial charge in [0.15, 0.2) is 6.10 Å². The third-order valence-corrected chi connectivity index (χ3v) is 8.36. The average molecular weight is 589 g/mol. The molecule has 2 N–H and O–H groups in total. The molecule has 5 rings (SSSR count). The molecule has 0 aliphatic carbocycles. The van der Waals surface area contributed by atoms with Gasteiger partial charge in [-0.1, -0.05) is 12.1 Å². The van der Waals surface area contributed by atoms with Gasteiger partial charge in [-0.25, -0.2) is 9.78 Å². The molecule has 0 spiro atoms. The maximum absolute atomic E-state index is 11.7. The zero-order valence-corrected chi connectivity index (χ0v) is 25.7. The summed E-state index contributed by atoms with van der Waals surface area (Å²) in [5.41, 5.74) is 5.87. The van der Waals surface area contributed by atoms with Crippen LogP contribution in [0.3, 0.4) is 0 Å². The van der Waals surface area contributed by atoms with Crippen molar-refractivity contribution in [1.29, 1.82) is 0 Å². The molecule has 0 saturated heterocycles. The van der Waals surface area contributed by atoms with Gasteiger partial charge in [0.05, 0.1) is 17.6 Å². The van der Waals surface area contributed by atoms with Crippen LogP contribution in [-0.4, -0.2) is 50.7 Å². The van der Waals surface area contributed by atoms with Gasteiger partial charge in [-0.05, 0) is 94.0 Å². The molecule has 2 heterocycles. The molecule has 228 valence electrons.